The predicted molar refractivity (Wildman–Crippen MR) is 42.4 cm³/mol. The second-order valence-electron chi connectivity index (χ2n) is 2.17. The van der Waals surface area contributed by atoms with Crippen LogP contribution in [0.4, 0.5) is 0 Å². The summed E-state index contributed by atoms with van der Waals surface area (Å²) in [5, 5.41) is 10.7. The second kappa shape index (κ2) is 6.43. The minimum atomic E-state index is 0.0682. The summed E-state index contributed by atoms with van der Waals surface area (Å²) >= 11 is 1.79. The van der Waals surface area contributed by atoms with Crippen LogP contribution in [0.2, 0.25) is 0 Å². The van der Waals surface area contributed by atoms with Crippen LogP contribution in [0.5, 0.6) is 0 Å². The van der Waals surface area contributed by atoms with Gasteiger partial charge in [-0.3, -0.25) is 0 Å². The Bertz CT molecular complexity index is 56.9. The molecule has 1 unspecified atom stereocenters. The molecule has 1 atom stereocenters. The first kappa shape index (κ1) is 9.31. The standard InChI is InChI=1S/C7H15OS/c1-3-4-7(2)9-6-5-8/h7H,3-6H2,1-2H3. The number of rotatable bonds is 5. The molecule has 0 fully saturated rings. The fourth-order valence-electron chi connectivity index (χ4n) is 0.739. The Morgan fingerprint density at radius 2 is 2.22 bits per heavy atom. The molecule has 0 N–H and O–H groups in total. The Morgan fingerprint density at radius 3 is 2.67 bits per heavy atom. The highest BCUT2D eigenvalue weighted by molar-refractivity contribution is 7.99. The van der Waals surface area contributed by atoms with Gasteiger partial charge in [0.15, 0.2) is 0 Å². The van der Waals surface area contributed by atoms with E-state index in [2.05, 4.69) is 13.8 Å². The Balaban J connectivity index is 2.95. The first-order valence-electron chi connectivity index (χ1n) is 3.51. The van der Waals surface area contributed by atoms with Crippen LogP contribution < -0.4 is 0 Å². The van der Waals surface area contributed by atoms with Crippen molar-refractivity contribution in [1.29, 1.82) is 0 Å². The van der Waals surface area contributed by atoms with Gasteiger partial charge in [0.25, 0.3) is 0 Å². The van der Waals surface area contributed by atoms with Gasteiger partial charge in [0.2, 0.25) is 0 Å². The summed E-state index contributed by atoms with van der Waals surface area (Å²) in [5.74, 6) is 0.779. The average Bonchev–Trinajstić information content (AvgIpc) is 1.85. The summed E-state index contributed by atoms with van der Waals surface area (Å²) in [5.41, 5.74) is 0. The van der Waals surface area contributed by atoms with Crippen molar-refractivity contribution in [1.82, 2.24) is 0 Å². The largest absolute Gasteiger partial charge is 0.236 e. The summed E-state index contributed by atoms with van der Waals surface area (Å²) in [6.45, 7) is 4.43. The monoisotopic (exact) mass is 147 g/mol. The van der Waals surface area contributed by atoms with Gasteiger partial charge in [0.05, 0.1) is 6.61 Å². The number of hydrogen-bond donors (Lipinski definition) is 0. The normalized spacial score (nSPS) is 13.7. The topological polar surface area (TPSA) is 19.9 Å². The molecule has 0 saturated carbocycles. The highest BCUT2D eigenvalue weighted by Gasteiger charge is 1.98. The minimum absolute atomic E-state index is 0.0682. The molecule has 0 bridgehead atoms. The highest BCUT2D eigenvalue weighted by Crippen LogP contribution is 2.14. The zero-order chi connectivity index (χ0) is 7.11. The van der Waals surface area contributed by atoms with Gasteiger partial charge in [-0.1, -0.05) is 20.3 Å². The molecule has 0 aliphatic heterocycles. The van der Waals surface area contributed by atoms with Gasteiger partial charge >= 0.3 is 0 Å². The third kappa shape index (κ3) is 6.19. The highest BCUT2D eigenvalue weighted by atomic mass is 32.2. The molecule has 1 nitrogen and oxygen atoms in total. The van der Waals surface area contributed by atoms with E-state index in [-0.39, 0.29) is 6.61 Å². The van der Waals surface area contributed by atoms with Crippen molar-refractivity contribution in [3.63, 3.8) is 0 Å². The molecule has 0 aliphatic carbocycles. The van der Waals surface area contributed by atoms with Crippen molar-refractivity contribution in [3.8, 4) is 0 Å². The van der Waals surface area contributed by atoms with E-state index in [1.54, 1.807) is 11.8 Å². The van der Waals surface area contributed by atoms with Crippen molar-refractivity contribution in [2.24, 2.45) is 0 Å². The molecule has 9 heavy (non-hydrogen) atoms. The zero-order valence-corrected chi connectivity index (χ0v) is 7.04. The quantitative estimate of drug-likeness (QED) is 0.584. The molecule has 55 valence electrons. The molecule has 0 saturated heterocycles. The number of hydrogen-bond acceptors (Lipinski definition) is 1. The van der Waals surface area contributed by atoms with Crippen molar-refractivity contribution >= 4 is 11.8 Å². The van der Waals surface area contributed by atoms with Crippen molar-refractivity contribution in [2.75, 3.05) is 12.4 Å². The Hall–Kier alpha value is 0.310. The van der Waals surface area contributed by atoms with Crippen LogP contribution in [0.3, 0.4) is 0 Å². The SMILES string of the molecule is CCCC(C)SCC[O]. The molecular formula is C7H15OS. The van der Waals surface area contributed by atoms with Gasteiger partial charge in [-0.25, -0.2) is 5.11 Å². The lowest BCUT2D eigenvalue weighted by atomic mass is 10.3. The van der Waals surface area contributed by atoms with Gasteiger partial charge in [-0.05, 0) is 6.42 Å². The van der Waals surface area contributed by atoms with E-state index in [0.29, 0.717) is 5.25 Å². The Labute approximate surface area is 61.8 Å². The smallest absolute Gasteiger partial charge is 0.0912 e. The van der Waals surface area contributed by atoms with E-state index in [1.807, 2.05) is 0 Å². The van der Waals surface area contributed by atoms with Crippen molar-refractivity contribution in [2.45, 2.75) is 31.9 Å². The fraction of sp³-hybridized carbons (Fsp3) is 1.00. The lowest BCUT2D eigenvalue weighted by molar-refractivity contribution is 0.215. The molecular weight excluding hydrogens is 132 g/mol. The maximum Gasteiger partial charge on any atom is 0.0912 e. The first-order valence-corrected chi connectivity index (χ1v) is 4.55. The van der Waals surface area contributed by atoms with E-state index >= 15 is 0 Å². The lowest BCUT2D eigenvalue weighted by Gasteiger charge is -2.06. The lowest BCUT2D eigenvalue weighted by Crippen LogP contribution is -1.97. The molecule has 2 heteroatoms. The Kier molecular flexibility index (Phi) is 6.65. The predicted octanol–water partition coefficient (Wildman–Crippen LogP) is 2.34. The van der Waals surface area contributed by atoms with Crippen LogP contribution >= 0.6 is 11.8 Å². The van der Waals surface area contributed by atoms with Crippen LogP contribution in [-0.2, 0) is 5.11 Å². The van der Waals surface area contributed by atoms with E-state index in [9.17, 15) is 5.11 Å². The average molecular weight is 147 g/mol. The molecule has 1 radical (unpaired) electrons. The van der Waals surface area contributed by atoms with E-state index in [1.165, 1.54) is 12.8 Å². The molecule has 0 aromatic rings. The summed E-state index contributed by atoms with van der Waals surface area (Å²) in [6, 6.07) is 0. The van der Waals surface area contributed by atoms with Crippen molar-refractivity contribution in [3.05, 3.63) is 0 Å². The van der Waals surface area contributed by atoms with Crippen LogP contribution in [-0.4, -0.2) is 17.6 Å². The fourth-order valence-corrected chi connectivity index (χ4v) is 1.64. The zero-order valence-electron chi connectivity index (χ0n) is 6.22. The van der Waals surface area contributed by atoms with Gasteiger partial charge in [-0.2, -0.15) is 11.8 Å². The van der Waals surface area contributed by atoms with E-state index < -0.39 is 0 Å². The first-order chi connectivity index (χ1) is 4.31. The summed E-state index contributed by atoms with van der Waals surface area (Å²) < 4.78 is 0. The molecule has 0 aromatic heterocycles. The number of thioether (sulfide) groups is 1. The summed E-state index contributed by atoms with van der Waals surface area (Å²) in [7, 11) is 0. The summed E-state index contributed by atoms with van der Waals surface area (Å²) in [4.78, 5) is 0. The van der Waals surface area contributed by atoms with Crippen molar-refractivity contribution < 1.29 is 5.11 Å². The van der Waals surface area contributed by atoms with Crippen LogP contribution in [0.1, 0.15) is 26.7 Å². The third-order valence-corrected chi connectivity index (χ3v) is 2.39. The molecule has 0 aromatic carbocycles. The van der Waals surface area contributed by atoms with Gasteiger partial charge in [0.1, 0.15) is 0 Å². The maximum absolute atomic E-state index is 10.0. The third-order valence-electron chi connectivity index (χ3n) is 1.18. The van der Waals surface area contributed by atoms with Crippen LogP contribution in [0.25, 0.3) is 0 Å². The molecule has 0 heterocycles. The van der Waals surface area contributed by atoms with Gasteiger partial charge in [0, 0.05) is 11.0 Å². The van der Waals surface area contributed by atoms with E-state index in [4.69, 9.17) is 0 Å². The van der Waals surface area contributed by atoms with Gasteiger partial charge < -0.3 is 0 Å². The van der Waals surface area contributed by atoms with Crippen LogP contribution in [0, 0.1) is 0 Å². The summed E-state index contributed by atoms with van der Waals surface area (Å²) in [6.07, 6.45) is 2.47. The van der Waals surface area contributed by atoms with Gasteiger partial charge in [-0.15, -0.1) is 0 Å². The maximum atomic E-state index is 10.0. The van der Waals surface area contributed by atoms with Crippen LogP contribution in [0.15, 0.2) is 0 Å². The molecule has 0 aliphatic rings. The second-order valence-corrected chi connectivity index (χ2v) is 3.72. The molecule has 0 spiro atoms. The van der Waals surface area contributed by atoms with E-state index in [0.717, 1.165) is 5.75 Å². The minimum Gasteiger partial charge on any atom is -0.236 e. The Morgan fingerprint density at radius 1 is 1.56 bits per heavy atom. The molecule has 0 amide bonds. The molecule has 0 rings (SSSR count).